The number of aliphatic hydroxyl groups excluding tert-OH is 6. The largest absolute Gasteiger partial charge is 0.479 e. The Morgan fingerprint density at radius 3 is 0.886 bits per heavy atom. The van der Waals surface area contributed by atoms with Crippen molar-refractivity contribution in [2.75, 3.05) is 67.5 Å². The zero-order valence-electron chi connectivity index (χ0n) is 44.6. The first kappa shape index (κ1) is 84.4. The normalized spacial score (nSPS) is 11.1. The summed E-state index contributed by atoms with van der Waals surface area (Å²) in [5.41, 5.74) is 0. The lowest BCUT2D eigenvalue weighted by Gasteiger charge is -2.07. The van der Waals surface area contributed by atoms with Gasteiger partial charge in [-0.15, -0.1) is 23.2 Å². The molecule has 426 valence electrons. The molecular formula is C48H100Cl2O19S. The molecule has 0 aromatic rings. The van der Waals surface area contributed by atoms with Gasteiger partial charge in [0.15, 0.2) is 24.9 Å². The van der Waals surface area contributed by atoms with E-state index in [0.717, 1.165) is 72.5 Å². The summed E-state index contributed by atoms with van der Waals surface area (Å²) >= 11 is 9.53. The predicted molar refractivity (Wildman–Crippen MR) is 276 cm³/mol. The number of esters is 4. The lowest BCUT2D eigenvalue weighted by Crippen LogP contribution is -2.21. The van der Waals surface area contributed by atoms with Crippen molar-refractivity contribution in [3.05, 3.63) is 0 Å². The molecule has 0 aliphatic rings. The minimum absolute atomic E-state index is 0.194. The molecule has 7 N–H and O–H groups in total. The maximum atomic E-state index is 10.9. The fourth-order valence-corrected chi connectivity index (χ4v) is 5.63. The average Bonchev–Trinajstić information content (AvgIpc) is 3.36. The van der Waals surface area contributed by atoms with Gasteiger partial charge in [-0.3, -0.25) is 4.18 Å². The number of ether oxygens (including phenoxy) is 4. The van der Waals surface area contributed by atoms with Crippen LogP contribution in [0.1, 0.15) is 194 Å². The topological polar surface area (TPSA) is 307 Å². The highest BCUT2D eigenvalue weighted by atomic mass is 35.5. The number of hydrogen-bond donors (Lipinski definition) is 7. The molecule has 0 saturated carbocycles. The Balaban J connectivity index is -0.000000113. The van der Waals surface area contributed by atoms with Crippen molar-refractivity contribution in [1.82, 2.24) is 0 Å². The van der Waals surface area contributed by atoms with Crippen molar-refractivity contribution < 1.29 is 91.3 Å². The summed E-state index contributed by atoms with van der Waals surface area (Å²) < 4.78 is 41.5. The van der Waals surface area contributed by atoms with E-state index in [4.69, 9.17) is 48.7 Å². The highest BCUT2D eigenvalue weighted by Crippen LogP contribution is 2.13. The van der Waals surface area contributed by atoms with Gasteiger partial charge >= 0.3 is 29.8 Å². The molecule has 0 radical (unpaired) electrons. The van der Waals surface area contributed by atoms with E-state index in [0.29, 0.717) is 19.3 Å². The van der Waals surface area contributed by atoms with Gasteiger partial charge < -0.3 is 54.7 Å². The van der Waals surface area contributed by atoms with Crippen molar-refractivity contribution in [2.45, 2.75) is 212 Å². The van der Waals surface area contributed by atoms with Crippen molar-refractivity contribution in [3.63, 3.8) is 0 Å². The molecule has 0 saturated heterocycles. The number of aliphatic carboxylic acids is 1. The maximum absolute atomic E-state index is 10.9. The Kier molecular flexibility index (Phi) is 88.2. The molecule has 19 nitrogen and oxygen atoms in total. The van der Waals surface area contributed by atoms with Gasteiger partial charge in [0, 0.05) is 14.2 Å². The van der Waals surface area contributed by atoms with E-state index in [2.05, 4.69) is 43.9 Å². The first-order valence-corrected chi connectivity index (χ1v) is 27.2. The van der Waals surface area contributed by atoms with Gasteiger partial charge in [-0.05, 0) is 19.3 Å². The third kappa shape index (κ3) is 88.6. The molecule has 0 bridgehead atoms. The molecule has 0 aliphatic heterocycles. The highest BCUT2D eigenvalue weighted by molar-refractivity contribution is 7.86. The molecule has 0 aromatic carbocycles. The van der Waals surface area contributed by atoms with Gasteiger partial charge in [0.2, 0.25) is 0 Å². The molecule has 3 unspecified atom stereocenters. The van der Waals surface area contributed by atoms with E-state index in [9.17, 15) is 42.6 Å². The van der Waals surface area contributed by atoms with E-state index >= 15 is 0 Å². The van der Waals surface area contributed by atoms with Gasteiger partial charge in [-0.2, -0.15) is 8.42 Å². The first-order valence-electron chi connectivity index (χ1n) is 24.3. The van der Waals surface area contributed by atoms with Gasteiger partial charge in [0.25, 0.3) is 10.1 Å². The summed E-state index contributed by atoms with van der Waals surface area (Å²) in [6.45, 7) is 5.54. The third-order valence-corrected chi connectivity index (χ3v) is 9.75. The number of aliphatic hydroxyl groups is 6. The van der Waals surface area contributed by atoms with Crippen LogP contribution in [0.25, 0.3) is 0 Å². The van der Waals surface area contributed by atoms with Crippen LogP contribution in [0.3, 0.4) is 0 Å². The van der Waals surface area contributed by atoms with E-state index in [1.165, 1.54) is 130 Å². The van der Waals surface area contributed by atoms with Gasteiger partial charge in [0.1, 0.15) is 6.61 Å². The number of methoxy groups -OCH3 is 4. The molecule has 0 fully saturated rings. The molecular weight excluding hydrogens is 983 g/mol. The van der Waals surface area contributed by atoms with Crippen LogP contribution in [-0.2, 0) is 57.2 Å². The average molecular weight is 1080 g/mol. The second kappa shape index (κ2) is 73.1. The summed E-state index contributed by atoms with van der Waals surface area (Å²) in [4.78, 5) is 52.0. The number of unbranched alkanes of at least 4 members (excludes halogenated alkanes) is 21. The van der Waals surface area contributed by atoms with Crippen LogP contribution >= 0.6 is 23.2 Å². The Morgan fingerprint density at radius 2 is 0.700 bits per heavy atom. The van der Waals surface area contributed by atoms with E-state index in [-0.39, 0.29) is 5.34 Å². The van der Waals surface area contributed by atoms with Gasteiger partial charge in [-0.25, -0.2) is 24.0 Å². The van der Waals surface area contributed by atoms with E-state index in [1.54, 1.807) is 0 Å². The number of rotatable bonds is 34. The Labute approximate surface area is 432 Å². The molecule has 3 atom stereocenters. The van der Waals surface area contributed by atoms with Crippen LogP contribution < -0.4 is 0 Å². The van der Waals surface area contributed by atoms with Crippen LogP contribution in [0.2, 0.25) is 0 Å². The summed E-state index contributed by atoms with van der Waals surface area (Å²) in [5, 5.41) is 58.1. The molecule has 0 amide bonds. The second-order valence-electron chi connectivity index (χ2n) is 15.1. The number of halogens is 2. The van der Waals surface area contributed by atoms with Gasteiger partial charge in [0.05, 0.1) is 40.0 Å². The Bertz CT molecular complexity index is 1140. The summed E-state index contributed by atoms with van der Waals surface area (Å²) in [6, 6.07) is 0. The van der Waals surface area contributed by atoms with Crippen LogP contribution in [0.5, 0.6) is 0 Å². The van der Waals surface area contributed by atoms with Crippen molar-refractivity contribution in [3.8, 4) is 0 Å². The monoisotopic (exact) mass is 1080 g/mol. The zero-order chi connectivity index (χ0) is 55.9. The molecule has 0 rings (SSSR count). The van der Waals surface area contributed by atoms with Crippen LogP contribution in [0, 0.1) is 0 Å². The fraction of sp³-hybridized carbons (Fsp3) is 0.896. The van der Waals surface area contributed by atoms with Crippen LogP contribution in [0.15, 0.2) is 0 Å². The van der Waals surface area contributed by atoms with E-state index < -0.39 is 71.5 Å². The van der Waals surface area contributed by atoms with Gasteiger partial charge in [-0.1, -0.05) is 175 Å². The lowest BCUT2D eigenvalue weighted by atomic mass is 10.1. The molecule has 70 heavy (non-hydrogen) atoms. The number of carboxylic acids is 1. The SMILES string of the molecule is CCCCCCCCCCC(O)C(=O)O.CCCCCCCCCCC(O)C(=O)OC.CCCCCCCCCCC(O)C(=O)OC.CO.CO.COC(=O)CO.COC(=O)COS(C)(=O)=O.ClCCl. The number of carbonyl (C=O) groups excluding carboxylic acids is 4. The lowest BCUT2D eigenvalue weighted by molar-refractivity contribution is -0.151. The van der Waals surface area contributed by atoms with Crippen molar-refractivity contribution in [2.24, 2.45) is 0 Å². The number of hydrogen-bond acceptors (Lipinski definition) is 18. The molecule has 0 aromatic heterocycles. The van der Waals surface area contributed by atoms with Crippen LogP contribution in [0.4, 0.5) is 0 Å². The minimum Gasteiger partial charge on any atom is -0.479 e. The summed E-state index contributed by atoms with van der Waals surface area (Å²) in [7, 11) is 3.45. The minimum atomic E-state index is -3.53. The first-order chi connectivity index (χ1) is 33.3. The quantitative estimate of drug-likeness (QED) is 0.0106. The Hall–Kier alpha value is -2.40. The molecule has 0 spiro atoms. The maximum Gasteiger partial charge on any atom is 0.334 e. The molecule has 0 aliphatic carbocycles. The summed E-state index contributed by atoms with van der Waals surface area (Å²) in [5.74, 6) is -3.44. The van der Waals surface area contributed by atoms with Crippen molar-refractivity contribution >= 4 is 63.2 Å². The van der Waals surface area contributed by atoms with Crippen LogP contribution in [-0.4, -0.2) is 160 Å². The number of carboxylic acid groups (broad SMARTS) is 1. The number of carbonyl (C=O) groups is 5. The third-order valence-electron chi connectivity index (χ3n) is 9.20. The molecule has 22 heteroatoms. The second-order valence-corrected chi connectivity index (χ2v) is 17.6. The smallest absolute Gasteiger partial charge is 0.334 e. The van der Waals surface area contributed by atoms with Crippen molar-refractivity contribution in [1.29, 1.82) is 0 Å². The fourth-order valence-electron chi connectivity index (χ4n) is 5.32. The highest BCUT2D eigenvalue weighted by Gasteiger charge is 2.15. The Morgan fingerprint density at radius 1 is 0.457 bits per heavy atom. The number of alkyl halides is 2. The predicted octanol–water partition coefficient (Wildman–Crippen LogP) is 7.99. The standard InChI is InChI=1S/2C13H26O3.C12H24O3.C4H8O5S.C3H6O3.CH2Cl2.2CH4O/c2*1-3-4-5-6-7-8-9-10-11-12(14)13(15)16-2;1-2-3-4-5-6-7-8-9-10-11(13)12(14)15;1-8-4(5)3-9-10(2,6)7;1-6-3(5)2-4;2-1-3;2*1-2/h2*12,14H,3-11H2,1-2H3;11,13H,2-10H2,1H3,(H,14,15);3H2,1-2H3;4H,2H2,1H3;1H2;2*2H,1H3. The summed E-state index contributed by atoms with van der Waals surface area (Å²) in [6.07, 6.45) is 28.2. The zero-order valence-corrected chi connectivity index (χ0v) is 47.0. The molecule has 0 heterocycles. The van der Waals surface area contributed by atoms with E-state index in [1.807, 2.05) is 0 Å².